The zero-order valence-corrected chi connectivity index (χ0v) is 13.6. The van der Waals surface area contributed by atoms with Crippen LogP contribution in [0.25, 0.3) is 0 Å². The van der Waals surface area contributed by atoms with E-state index in [4.69, 9.17) is 5.11 Å². The van der Waals surface area contributed by atoms with Crippen LogP contribution in [-0.2, 0) is 19.5 Å². The van der Waals surface area contributed by atoms with E-state index in [1.165, 1.54) is 6.42 Å². The molecule has 0 amide bonds. The van der Waals surface area contributed by atoms with Gasteiger partial charge in [-0.05, 0) is 8.07 Å². The largest absolute Gasteiger partial charge is 0.400 e. The van der Waals surface area contributed by atoms with Crippen molar-refractivity contribution in [1.82, 2.24) is 0 Å². The zero-order valence-electron chi connectivity index (χ0n) is 9.65. The first-order valence-electron chi connectivity index (χ1n) is 4.35. The van der Waals surface area contributed by atoms with Gasteiger partial charge in [-0.1, -0.05) is 39.4 Å². The molecule has 0 aliphatic carbocycles. The third-order valence-electron chi connectivity index (χ3n) is 0.982. The van der Waals surface area contributed by atoms with E-state index in [0.29, 0.717) is 0 Å². The second-order valence-corrected chi connectivity index (χ2v) is 8.26. The summed E-state index contributed by atoms with van der Waals surface area (Å²) in [7, 11) is -0.0996. The van der Waals surface area contributed by atoms with Crippen LogP contribution in [0.1, 0.15) is 19.8 Å². The van der Waals surface area contributed by atoms with E-state index in [1.54, 1.807) is 0 Å². The number of aliphatic hydroxyl groups is 1. The van der Waals surface area contributed by atoms with E-state index >= 15 is 0 Å². The van der Waals surface area contributed by atoms with Crippen molar-refractivity contribution >= 4 is 8.07 Å². The van der Waals surface area contributed by atoms with Gasteiger partial charge in [0.2, 0.25) is 0 Å². The van der Waals surface area contributed by atoms with Gasteiger partial charge in [-0.15, -0.1) is 0 Å². The Morgan fingerprint density at radius 1 is 1.31 bits per heavy atom. The van der Waals surface area contributed by atoms with Crippen molar-refractivity contribution in [2.45, 2.75) is 39.4 Å². The molecule has 3 heteroatoms. The SMILES string of the molecule is CCCC=C=[C-][Si](C)(C)C.CO.[Zn]. The minimum Gasteiger partial charge on any atom is -0.400 e. The molecule has 0 atom stereocenters. The van der Waals surface area contributed by atoms with E-state index in [1.807, 2.05) is 0 Å². The van der Waals surface area contributed by atoms with Crippen LogP contribution in [-0.4, -0.2) is 20.3 Å². The number of allylic oxidation sites excluding steroid dienone is 1. The molecule has 0 aliphatic rings. The summed E-state index contributed by atoms with van der Waals surface area (Å²) >= 11 is 0. The first-order chi connectivity index (χ1) is 5.56. The van der Waals surface area contributed by atoms with Crippen molar-refractivity contribution < 1.29 is 24.6 Å². The summed E-state index contributed by atoms with van der Waals surface area (Å²) in [6, 6.07) is 0. The molecule has 1 nitrogen and oxygen atoms in total. The Balaban J connectivity index is -0.000000309. The maximum atomic E-state index is 7.00. The second-order valence-electron chi connectivity index (χ2n) is 3.51. The van der Waals surface area contributed by atoms with Crippen LogP contribution in [0.5, 0.6) is 0 Å². The molecule has 0 radical (unpaired) electrons. The summed E-state index contributed by atoms with van der Waals surface area (Å²) in [6.07, 6.45) is 4.43. The number of hydrogen-bond donors (Lipinski definition) is 1. The van der Waals surface area contributed by atoms with Crippen molar-refractivity contribution in [2.24, 2.45) is 0 Å². The molecule has 13 heavy (non-hydrogen) atoms. The molecule has 0 bridgehead atoms. The Hall–Kier alpha value is 0.320. The van der Waals surface area contributed by atoms with Crippen LogP contribution in [0.2, 0.25) is 19.6 Å². The van der Waals surface area contributed by atoms with Crippen LogP contribution in [0, 0.1) is 5.70 Å². The second kappa shape index (κ2) is 12.3. The summed E-state index contributed by atoms with van der Waals surface area (Å²) in [6.45, 7) is 8.96. The molecule has 0 aromatic heterocycles. The monoisotopic (exact) mass is 249 g/mol. The maximum absolute atomic E-state index is 7.00. The van der Waals surface area contributed by atoms with Gasteiger partial charge < -0.3 is 10.8 Å². The van der Waals surface area contributed by atoms with Crippen molar-refractivity contribution in [3.8, 4) is 0 Å². The smallest absolute Gasteiger partial charge is 0.0319 e. The molecule has 0 heterocycles. The summed E-state index contributed by atoms with van der Waals surface area (Å²) in [5, 5.41) is 7.00. The van der Waals surface area contributed by atoms with E-state index in [-0.39, 0.29) is 19.5 Å². The Labute approximate surface area is 96.7 Å². The molecule has 0 aliphatic heterocycles. The minimum atomic E-state index is -1.10. The molecule has 0 rings (SSSR count). The van der Waals surface area contributed by atoms with Crippen LogP contribution < -0.4 is 0 Å². The Bertz CT molecular complexity index is 143. The third kappa shape index (κ3) is 24.5. The Morgan fingerprint density at radius 3 is 2.08 bits per heavy atom. The molecule has 0 unspecified atom stereocenters. The number of rotatable bonds is 3. The molecule has 1 N–H and O–H groups in total. The predicted molar refractivity (Wildman–Crippen MR) is 57.7 cm³/mol. The predicted octanol–water partition coefficient (Wildman–Crippen LogP) is 2.78. The topological polar surface area (TPSA) is 20.2 Å². The minimum absolute atomic E-state index is 0. The summed E-state index contributed by atoms with van der Waals surface area (Å²) in [5.74, 6) is 0. The molecule has 74 valence electrons. The van der Waals surface area contributed by atoms with E-state index in [0.717, 1.165) is 13.5 Å². The van der Waals surface area contributed by atoms with Gasteiger partial charge in [-0.3, -0.25) is 0 Å². The number of unbranched alkanes of at least 4 members (excludes halogenated alkanes) is 1. The molecule has 0 saturated carbocycles. The van der Waals surface area contributed by atoms with Crippen molar-refractivity contribution in [3.63, 3.8) is 0 Å². The van der Waals surface area contributed by atoms with E-state index < -0.39 is 8.07 Å². The number of hydrogen-bond acceptors (Lipinski definition) is 1. The van der Waals surface area contributed by atoms with Gasteiger partial charge in [0.25, 0.3) is 0 Å². The molecule has 0 aromatic carbocycles. The molecule has 0 spiro atoms. The van der Waals surface area contributed by atoms with E-state index in [2.05, 4.69) is 44.1 Å². The normalized spacial score (nSPS) is 8.46. The number of aliphatic hydroxyl groups excluding tert-OH is 1. The molecule has 0 aromatic rings. The first kappa shape index (κ1) is 19.0. The third-order valence-corrected chi connectivity index (χ3v) is 1.88. The van der Waals surface area contributed by atoms with Gasteiger partial charge >= 0.3 is 0 Å². The first-order valence-corrected chi connectivity index (χ1v) is 7.85. The molecular weight excluding hydrogens is 230 g/mol. The van der Waals surface area contributed by atoms with Gasteiger partial charge in [0.1, 0.15) is 0 Å². The van der Waals surface area contributed by atoms with Gasteiger partial charge in [0.15, 0.2) is 0 Å². The fourth-order valence-corrected chi connectivity index (χ4v) is 1.02. The van der Waals surface area contributed by atoms with Crippen molar-refractivity contribution in [2.75, 3.05) is 7.11 Å². The maximum Gasteiger partial charge on any atom is 0.0319 e. The average molecular weight is 251 g/mol. The van der Waals surface area contributed by atoms with Gasteiger partial charge in [0.05, 0.1) is 0 Å². The summed E-state index contributed by atoms with van der Waals surface area (Å²) in [4.78, 5) is 0. The van der Waals surface area contributed by atoms with E-state index in [9.17, 15) is 0 Å². The molecule has 0 saturated heterocycles. The quantitative estimate of drug-likeness (QED) is 0.464. The Kier molecular flexibility index (Phi) is 18.0. The Morgan fingerprint density at radius 2 is 1.77 bits per heavy atom. The fraction of sp³-hybridized carbons (Fsp3) is 0.700. The van der Waals surface area contributed by atoms with Crippen LogP contribution in [0.15, 0.2) is 11.8 Å². The van der Waals surface area contributed by atoms with Crippen molar-refractivity contribution in [1.29, 1.82) is 0 Å². The van der Waals surface area contributed by atoms with Crippen LogP contribution in [0.4, 0.5) is 0 Å². The fourth-order valence-electron chi connectivity index (χ4n) is 0.484. The summed E-state index contributed by atoms with van der Waals surface area (Å²) < 4.78 is 0. The molecular formula is C10H21OSiZn-. The van der Waals surface area contributed by atoms with Crippen LogP contribution in [0.3, 0.4) is 0 Å². The van der Waals surface area contributed by atoms with Gasteiger partial charge in [-0.2, -0.15) is 6.08 Å². The summed E-state index contributed by atoms with van der Waals surface area (Å²) in [5.41, 5.74) is 6.40. The molecule has 0 fully saturated rings. The van der Waals surface area contributed by atoms with Crippen LogP contribution >= 0.6 is 0 Å². The van der Waals surface area contributed by atoms with Gasteiger partial charge in [0, 0.05) is 26.6 Å². The van der Waals surface area contributed by atoms with Crippen molar-refractivity contribution in [3.05, 3.63) is 17.5 Å². The van der Waals surface area contributed by atoms with Gasteiger partial charge in [-0.25, -0.2) is 5.70 Å². The standard InChI is InChI=1S/C9H17Si.CH4O.Zn/c1-5-6-7-8-9-10(2,3)4;1-2;/h7H,5-6H2,1-4H3;2H,1H3;/q-1;;. The zero-order chi connectivity index (χ0) is 10.0. The average Bonchev–Trinajstić information content (AvgIpc) is 2.01.